The van der Waals surface area contributed by atoms with Crippen LogP contribution in [-0.2, 0) is 9.53 Å². The summed E-state index contributed by atoms with van der Waals surface area (Å²) in [7, 11) is 1.55. The molecule has 2 aromatic carbocycles. The fourth-order valence-electron chi connectivity index (χ4n) is 3.29. The quantitative estimate of drug-likeness (QED) is 0.286. The molecule has 1 N–H and O–H groups in total. The predicted octanol–water partition coefficient (Wildman–Crippen LogP) is 4.31. The van der Waals surface area contributed by atoms with E-state index in [1.54, 1.807) is 17.9 Å². The average Bonchev–Trinajstić information content (AvgIpc) is 3.25. The molecule has 1 aromatic heterocycles. The monoisotopic (exact) mass is 444 g/mol. The molecule has 0 unspecified atom stereocenters. The summed E-state index contributed by atoms with van der Waals surface area (Å²) in [6, 6.07) is 17.5. The first-order chi connectivity index (χ1) is 16.1. The second-order valence-electron chi connectivity index (χ2n) is 7.46. The molecule has 0 atom stereocenters. The number of aromatic nitrogens is 2. The van der Waals surface area contributed by atoms with Gasteiger partial charge in [-0.15, -0.1) is 0 Å². The first-order valence-electron chi connectivity index (χ1n) is 10.8. The van der Waals surface area contributed by atoms with Gasteiger partial charge in [-0.25, -0.2) is 4.68 Å². The number of rotatable bonds is 10. The summed E-state index contributed by atoms with van der Waals surface area (Å²) in [5.41, 5.74) is 4.11. The molecule has 0 aliphatic rings. The minimum Gasteiger partial charge on any atom is -0.494 e. The van der Waals surface area contributed by atoms with Crippen LogP contribution in [0.15, 0.2) is 60.3 Å². The van der Waals surface area contributed by atoms with Crippen LogP contribution in [0.3, 0.4) is 0 Å². The Balaban J connectivity index is 2.05. The van der Waals surface area contributed by atoms with Crippen LogP contribution in [0.1, 0.15) is 24.5 Å². The highest BCUT2D eigenvalue weighted by Crippen LogP contribution is 2.30. The number of carbonyl (C=O) groups is 1. The van der Waals surface area contributed by atoms with E-state index >= 15 is 0 Å². The number of amides is 1. The van der Waals surface area contributed by atoms with Gasteiger partial charge in [-0.3, -0.25) is 4.79 Å². The van der Waals surface area contributed by atoms with Gasteiger partial charge in [0.2, 0.25) is 0 Å². The Labute approximate surface area is 194 Å². The third-order valence-corrected chi connectivity index (χ3v) is 4.95. The van der Waals surface area contributed by atoms with Gasteiger partial charge in [0.25, 0.3) is 5.91 Å². The summed E-state index contributed by atoms with van der Waals surface area (Å²) in [5.74, 6) is 0.348. The van der Waals surface area contributed by atoms with E-state index in [1.165, 1.54) is 0 Å². The Bertz CT molecular complexity index is 1160. The molecule has 3 rings (SSSR count). The minimum atomic E-state index is -0.451. The highest BCUT2D eigenvalue weighted by molar-refractivity contribution is 6.02. The lowest BCUT2D eigenvalue weighted by molar-refractivity contribution is -0.117. The lowest BCUT2D eigenvalue weighted by atomic mass is 10.0. The van der Waals surface area contributed by atoms with Gasteiger partial charge in [-0.2, -0.15) is 10.4 Å². The highest BCUT2D eigenvalue weighted by atomic mass is 16.5. The average molecular weight is 445 g/mol. The van der Waals surface area contributed by atoms with Gasteiger partial charge in [0.05, 0.1) is 18.9 Å². The summed E-state index contributed by atoms with van der Waals surface area (Å²) in [6.45, 7) is 5.40. The first kappa shape index (κ1) is 23.8. The third-order valence-electron chi connectivity index (χ3n) is 4.95. The van der Waals surface area contributed by atoms with Crippen LogP contribution in [0, 0.1) is 18.3 Å². The molecule has 33 heavy (non-hydrogen) atoms. The fraction of sp³-hybridized carbons (Fsp3) is 0.269. The Kier molecular flexibility index (Phi) is 8.39. The van der Waals surface area contributed by atoms with Crippen molar-refractivity contribution in [3.63, 3.8) is 0 Å². The molecule has 7 nitrogen and oxygen atoms in total. The second-order valence-corrected chi connectivity index (χ2v) is 7.46. The molecular weight excluding hydrogens is 416 g/mol. The van der Waals surface area contributed by atoms with Crippen molar-refractivity contribution in [2.75, 3.05) is 26.9 Å². The van der Waals surface area contributed by atoms with E-state index in [0.717, 1.165) is 29.0 Å². The molecule has 1 heterocycles. The van der Waals surface area contributed by atoms with E-state index < -0.39 is 5.91 Å². The number of hydrogen-bond acceptors (Lipinski definition) is 5. The van der Waals surface area contributed by atoms with Gasteiger partial charge in [0.15, 0.2) is 0 Å². The molecule has 0 aliphatic carbocycles. The van der Waals surface area contributed by atoms with Gasteiger partial charge in [0.1, 0.15) is 23.1 Å². The van der Waals surface area contributed by atoms with Crippen molar-refractivity contribution >= 4 is 12.0 Å². The number of methoxy groups -OCH3 is 1. The topological polar surface area (TPSA) is 89.2 Å². The molecule has 0 spiro atoms. The van der Waals surface area contributed by atoms with E-state index in [1.807, 2.05) is 67.7 Å². The van der Waals surface area contributed by atoms with Gasteiger partial charge in [-0.05, 0) is 55.3 Å². The zero-order valence-electron chi connectivity index (χ0n) is 19.2. The van der Waals surface area contributed by atoms with E-state index in [2.05, 4.69) is 12.2 Å². The van der Waals surface area contributed by atoms with Gasteiger partial charge < -0.3 is 14.8 Å². The molecule has 170 valence electrons. The van der Waals surface area contributed by atoms with Crippen LogP contribution in [0.25, 0.3) is 23.0 Å². The SMILES string of the molecule is CCCOc1ccc(-c2nn(-c3ccccc3)cc2/C=C(\C#N)C(=O)NCCOC)c(C)c1. The van der Waals surface area contributed by atoms with Gasteiger partial charge in [-0.1, -0.05) is 25.1 Å². The summed E-state index contributed by atoms with van der Waals surface area (Å²) in [4.78, 5) is 12.5. The largest absolute Gasteiger partial charge is 0.494 e. The summed E-state index contributed by atoms with van der Waals surface area (Å²) in [6.07, 6.45) is 4.33. The number of hydrogen-bond donors (Lipinski definition) is 1. The Morgan fingerprint density at radius 1 is 1.21 bits per heavy atom. The molecule has 0 radical (unpaired) electrons. The van der Waals surface area contributed by atoms with E-state index in [9.17, 15) is 10.1 Å². The number of benzene rings is 2. The molecular formula is C26H28N4O3. The Morgan fingerprint density at radius 2 is 2.00 bits per heavy atom. The van der Waals surface area contributed by atoms with Crippen molar-refractivity contribution in [1.82, 2.24) is 15.1 Å². The molecule has 1 amide bonds. The number of carbonyl (C=O) groups excluding carboxylic acids is 1. The maximum Gasteiger partial charge on any atom is 0.262 e. The first-order valence-corrected chi connectivity index (χ1v) is 10.8. The van der Waals surface area contributed by atoms with Crippen molar-refractivity contribution in [2.45, 2.75) is 20.3 Å². The van der Waals surface area contributed by atoms with Crippen LogP contribution in [0.2, 0.25) is 0 Å². The molecule has 0 aliphatic heterocycles. The van der Waals surface area contributed by atoms with Crippen LogP contribution in [0.4, 0.5) is 0 Å². The molecule has 0 saturated carbocycles. The second kappa shape index (κ2) is 11.7. The summed E-state index contributed by atoms with van der Waals surface area (Å²) >= 11 is 0. The smallest absolute Gasteiger partial charge is 0.262 e. The Morgan fingerprint density at radius 3 is 2.67 bits per heavy atom. The molecule has 0 saturated heterocycles. The van der Waals surface area contributed by atoms with Crippen molar-refractivity contribution in [3.8, 4) is 28.8 Å². The number of nitrogens with zero attached hydrogens (tertiary/aromatic N) is 3. The molecule has 0 fully saturated rings. The maximum absolute atomic E-state index is 12.5. The lowest BCUT2D eigenvalue weighted by Crippen LogP contribution is -2.27. The third kappa shape index (κ3) is 6.09. The Hall–Kier alpha value is -3.89. The number of nitrogens with one attached hydrogen (secondary N) is 1. The number of nitriles is 1. The fourth-order valence-corrected chi connectivity index (χ4v) is 3.29. The van der Waals surface area contributed by atoms with Crippen molar-refractivity contribution in [1.29, 1.82) is 5.26 Å². The van der Waals surface area contributed by atoms with E-state index in [4.69, 9.17) is 14.6 Å². The van der Waals surface area contributed by atoms with Gasteiger partial charge in [0, 0.05) is 31.0 Å². The van der Waals surface area contributed by atoms with E-state index in [0.29, 0.717) is 31.0 Å². The summed E-state index contributed by atoms with van der Waals surface area (Å²) in [5, 5.41) is 17.1. The number of para-hydroxylation sites is 1. The van der Waals surface area contributed by atoms with Crippen LogP contribution in [-0.4, -0.2) is 42.6 Å². The molecule has 7 heteroatoms. The molecule has 0 bridgehead atoms. The zero-order valence-corrected chi connectivity index (χ0v) is 19.2. The van der Waals surface area contributed by atoms with Crippen LogP contribution < -0.4 is 10.1 Å². The standard InChI is InChI=1S/C26H28N4O3/c1-4-13-33-23-10-11-24(19(2)15-23)25-21(16-20(17-27)26(31)28-12-14-32-3)18-30(29-25)22-8-6-5-7-9-22/h5-11,15-16,18H,4,12-14H2,1-3H3,(H,28,31)/b20-16+. The highest BCUT2D eigenvalue weighted by Gasteiger charge is 2.16. The van der Waals surface area contributed by atoms with E-state index in [-0.39, 0.29) is 5.57 Å². The molecule has 3 aromatic rings. The normalized spacial score (nSPS) is 11.2. The van der Waals surface area contributed by atoms with Gasteiger partial charge >= 0.3 is 0 Å². The van der Waals surface area contributed by atoms with Crippen LogP contribution in [0.5, 0.6) is 5.75 Å². The number of aryl methyl sites for hydroxylation is 1. The minimum absolute atomic E-state index is 0.000479. The maximum atomic E-state index is 12.5. The summed E-state index contributed by atoms with van der Waals surface area (Å²) < 4.78 is 12.5. The lowest BCUT2D eigenvalue weighted by Gasteiger charge is -2.09. The predicted molar refractivity (Wildman–Crippen MR) is 128 cm³/mol. The van der Waals surface area contributed by atoms with Crippen molar-refractivity contribution < 1.29 is 14.3 Å². The zero-order chi connectivity index (χ0) is 23.6. The van der Waals surface area contributed by atoms with Crippen molar-refractivity contribution in [2.24, 2.45) is 0 Å². The van der Waals surface area contributed by atoms with Crippen LogP contribution >= 0.6 is 0 Å². The van der Waals surface area contributed by atoms with Crippen molar-refractivity contribution in [3.05, 3.63) is 71.4 Å². The number of ether oxygens (including phenoxy) is 2.